The maximum atomic E-state index is 11.5. The van der Waals surface area contributed by atoms with Crippen LogP contribution in [0.4, 0.5) is 0 Å². The van der Waals surface area contributed by atoms with E-state index in [1.54, 1.807) is 0 Å². The number of hydrogen-bond acceptors (Lipinski definition) is 6. The molecule has 0 rings (SSSR count). The van der Waals surface area contributed by atoms with Crippen LogP contribution in [0.25, 0.3) is 0 Å². The topological polar surface area (TPSA) is 138 Å². The summed E-state index contributed by atoms with van der Waals surface area (Å²) in [5.41, 5.74) is 0. The van der Waals surface area contributed by atoms with Crippen LogP contribution in [0.3, 0.4) is 0 Å². The first-order valence-corrected chi connectivity index (χ1v) is 20.5. The van der Waals surface area contributed by atoms with Crippen LogP contribution in [-0.4, -0.2) is 35.8 Å². The van der Waals surface area contributed by atoms with Crippen LogP contribution in [0.2, 0.25) is 0 Å². The molecule has 2 amide bonds. The molecule has 0 saturated heterocycles. The summed E-state index contributed by atoms with van der Waals surface area (Å²) in [6.45, 7) is 7.35. The van der Waals surface area contributed by atoms with Crippen molar-refractivity contribution in [3.63, 3.8) is 0 Å². The Morgan fingerprint density at radius 1 is 0.423 bits per heavy atom. The van der Waals surface area contributed by atoms with Crippen LogP contribution < -0.4 is 80.0 Å². The minimum atomic E-state index is -1.24. The van der Waals surface area contributed by atoms with Crippen molar-refractivity contribution in [3.05, 3.63) is 24.3 Å². The van der Waals surface area contributed by atoms with E-state index in [2.05, 4.69) is 48.8 Å². The number of carboxylic acids is 2. The quantitative estimate of drug-likeness (QED) is 0.0590. The molecule has 0 bridgehead atoms. The molecule has 0 heterocycles. The molecule has 0 aromatic heterocycles. The van der Waals surface area contributed by atoms with E-state index in [1.807, 2.05) is 0 Å². The predicted octanol–water partition coefficient (Wildman–Crippen LogP) is 2.57. The van der Waals surface area contributed by atoms with Crippen LogP contribution in [0, 0.1) is 0 Å². The molecule has 2 atom stereocenters. The van der Waals surface area contributed by atoms with Crippen molar-refractivity contribution in [1.82, 2.24) is 10.6 Å². The van der Waals surface area contributed by atoms with Gasteiger partial charge < -0.3 is 30.4 Å². The van der Waals surface area contributed by atoms with E-state index in [1.165, 1.54) is 129 Å². The third-order valence-corrected chi connectivity index (χ3v) is 8.79. The van der Waals surface area contributed by atoms with E-state index in [4.69, 9.17) is 0 Å². The number of hydrogen-bond donors (Lipinski definition) is 2. The summed E-state index contributed by atoms with van der Waals surface area (Å²) < 4.78 is 0. The molecule has 8 nitrogen and oxygen atoms in total. The van der Waals surface area contributed by atoms with Gasteiger partial charge in [-0.05, 0) is 78.1 Å². The zero-order chi connectivity index (χ0) is 37.5. The SMILES string of the molecule is CCCCCCCC/C=C\CCCCCCCC(=O)N[C@@H](C)C(=O)[O-].CCCCCCCC/C=C\CCCCCCCC(=O)N[C@@H](C)C(=O)[O-].[Na+].[Na+]. The maximum Gasteiger partial charge on any atom is 1.00 e. The van der Waals surface area contributed by atoms with Crippen molar-refractivity contribution in [2.24, 2.45) is 0 Å². The van der Waals surface area contributed by atoms with Gasteiger partial charge in [-0.3, -0.25) is 9.59 Å². The van der Waals surface area contributed by atoms with Crippen molar-refractivity contribution in [2.45, 2.75) is 220 Å². The third kappa shape index (κ3) is 47.4. The van der Waals surface area contributed by atoms with E-state index < -0.39 is 24.0 Å². The van der Waals surface area contributed by atoms with Crippen LogP contribution >= 0.6 is 0 Å². The van der Waals surface area contributed by atoms with E-state index in [0.29, 0.717) is 12.8 Å². The summed E-state index contributed by atoms with van der Waals surface area (Å²) in [5.74, 6) is -2.88. The van der Waals surface area contributed by atoms with Gasteiger partial charge in [0.25, 0.3) is 0 Å². The van der Waals surface area contributed by atoms with Gasteiger partial charge >= 0.3 is 59.1 Å². The largest absolute Gasteiger partial charge is 1.00 e. The Kier molecular flexibility index (Phi) is 51.9. The summed E-state index contributed by atoms with van der Waals surface area (Å²) in [5, 5.41) is 25.9. The standard InChI is InChI=1S/2C21H39NO3.2Na/c2*1-3-4-5-6-7-8-9-10-11-12-13-14-15-16-17-18-20(23)22-19(2)21(24)25;;/h2*10-11,19H,3-9,12-18H2,1-2H3,(H,22,23)(H,24,25);;/q;;2*+1/p-2/b2*11-10-;;/t2*19-;;/m00../s1. The maximum absolute atomic E-state index is 11.5. The van der Waals surface area contributed by atoms with Crippen LogP contribution in [0.1, 0.15) is 207 Å². The Labute approximate surface area is 363 Å². The van der Waals surface area contributed by atoms with Crippen molar-refractivity contribution in [1.29, 1.82) is 0 Å². The number of rotatable bonds is 34. The molecule has 2 N–H and O–H groups in total. The summed E-state index contributed by atoms with van der Waals surface area (Å²) in [6, 6.07) is -1.81. The van der Waals surface area contributed by atoms with Gasteiger partial charge in [-0.25, -0.2) is 0 Å². The molecule has 52 heavy (non-hydrogen) atoms. The normalized spacial score (nSPS) is 11.9. The van der Waals surface area contributed by atoms with E-state index in [9.17, 15) is 29.4 Å². The summed E-state index contributed by atoms with van der Waals surface area (Å²) in [4.78, 5) is 44.0. The Bertz CT molecular complexity index is 815. The van der Waals surface area contributed by atoms with Crippen molar-refractivity contribution in [2.75, 3.05) is 0 Å². The Balaban J connectivity index is -0.000000427. The van der Waals surface area contributed by atoms with Crippen LogP contribution in [0.5, 0.6) is 0 Å². The zero-order valence-electron chi connectivity index (χ0n) is 34.7. The van der Waals surface area contributed by atoms with Gasteiger partial charge in [-0.1, -0.05) is 141 Å². The van der Waals surface area contributed by atoms with Crippen molar-refractivity contribution in [3.8, 4) is 0 Å². The van der Waals surface area contributed by atoms with Gasteiger partial charge in [0.1, 0.15) is 0 Å². The first-order valence-electron chi connectivity index (χ1n) is 20.5. The van der Waals surface area contributed by atoms with Crippen molar-refractivity contribution >= 4 is 23.8 Å². The predicted molar refractivity (Wildman–Crippen MR) is 204 cm³/mol. The average molecular weight is 751 g/mol. The Morgan fingerprint density at radius 3 is 0.904 bits per heavy atom. The summed E-state index contributed by atoms with van der Waals surface area (Å²) in [7, 11) is 0. The molecule has 0 unspecified atom stereocenters. The first-order chi connectivity index (χ1) is 24.1. The van der Waals surface area contributed by atoms with Crippen LogP contribution in [-0.2, 0) is 19.2 Å². The molecular formula is C42H76N2Na2O6. The van der Waals surface area contributed by atoms with Gasteiger partial charge in [0.15, 0.2) is 0 Å². The van der Waals surface area contributed by atoms with Gasteiger partial charge in [-0.2, -0.15) is 0 Å². The average Bonchev–Trinajstić information content (AvgIpc) is 3.08. The molecule has 0 aliphatic rings. The van der Waals surface area contributed by atoms with Crippen LogP contribution in [0.15, 0.2) is 24.3 Å². The van der Waals surface area contributed by atoms with E-state index in [-0.39, 0.29) is 70.9 Å². The molecule has 0 aliphatic heterocycles. The fraction of sp³-hybridized carbons (Fsp3) is 0.810. The van der Waals surface area contributed by atoms with Gasteiger partial charge in [0.05, 0.1) is 24.0 Å². The molecule has 0 spiro atoms. The monoisotopic (exact) mass is 751 g/mol. The second kappa shape index (κ2) is 46.5. The number of amides is 2. The molecule has 0 aliphatic carbocycles. The summed E-state index contributed by atoms with van der Waals surface area (Å²) >= 11 is 0. The minimum absolute atomic E-state index is 0. The smallest absolute Gasteiger partial charge is 0.548 e. The van der Waals surface area contributed by atoms with E-state index in [0.717, 1.165) is 51.4 Å². The van der Waals surface area contributed by atoms with Gasteiger partial charge in [-0.15, -0.1) is 0 Å². The molecule has 10 heteroatoms. The number of unbranched alkanes of at least 4 members (excludes halogenated alkanes) is 22. The molecule has 0 saturated carbocycles. The third-order valence-electron chi connectivity index (χ3n) is 8.79. The number of carbonyl (C=O) groups is 4. The van der Waals surface area contributed by atoms with Gasteiger partial charge in [0, 0.05) is 12.8 Å². The molecule has 0 radical (unpaired) electrons. The second-order valence-corrected chi connectivity index (χ2v) is 13.9. The van der Waals surface area contributed by atoms with E-state index >= 15 is 0 Å². The molecule has 292 valence electrons. The molecule has 0 fully saturated rings. The second-order valence-electron chi connectivity index (χ2n) is 13.9. The number of allylic oxidation sites excluding steroid dienone is 4. The Morgan fingerprint density at radius 2 is 0.654 bits per heavy atom. The van der Waals surface area contributed by atoms with Gasteiger partial charge in [0.2, 0.25) is 11.8 Å². The number of nitrogens with one attached hydrogen (secondary N) is 2. The Hall–Kier alpha value is -0.640. The molecular weight excluding hydrogens is 674 g/mol. The summed E-state index contributed by atoms with van der Waals surface area (Å²) in [6.07, 6.45) is 41.8. The zero-order valence-corrected chi connectivity index (χ0v) is 38.7. The number of carboxylic acid groups (broad SMARTS) is 2. The minimum Gasteiger partial charge on any atom is -0.548 e. The molecule has 0 aromatic rings. The van der Waals surface area contributed by atoms with Crippen molar-refractivity contribution < 1.29 is 88.5 Å². The fourth-order valence-corrected chi connectivity index (χ4v) is 5.46. The molecule has 0 aromatic carbocycles. The fourth-order valence-electron chi connectivity index (χ4n) is 5.46. The number of carbonyl (C=O) groups excluding carboxylic acids is 4. The first kappa shape index (κ1) is 58.1. The number of aliphatic carboxylic acids is 2.